The quantitative estimate of drug-likeness (QED) is 0.639. The number of alkyl halides is 3. The number of carbonyl (C=O) groups is 1. The molecule has 27 heavy (non-hydrogen) atoms. The number of nitrogens with zero attached hydrogens (tertiary/aromatic N) is 1. The summed E-state index contributed by atoms with van der Waals surface area (Å²) in [4.78, 5) is 15.7. The summed E-state index contributed by atoms with van der Waals surface area (Å²) < 4.78 is 43.0. The van der Waals surface area contributed by atoms with Crippen LogP contribution in [-0.4, -0.2) is 23.7 Å². The summed E-state index contributed by atoms with van der Waals surface area (Å²) in [6.07, 6.45) is -4.96. The summed E-state index contributed by atoms with van der Waals surface area (Å²) in [6.45, 7) is 2.15. The number of halogens is 4. The SMILES string of the molecule is CCOc1cc(-c2ccc(Cl)cc2)nc2ccc(NC(=O)C(F)(F)F)cc12. The third kappa shape index (κ3) is 4.31. The lowest BCUT2D eigenvalue weighted by atomic mass is 10.1. The molecule has 3 rings (SSSR count). The van der Waals surface area contributed by atoms with Crippen molar-refractivity contribution in [3.63, 3.8) is 0 Å². The van der Waals surface area contributed by atoms with Gasteiger partial charge in [-0.1, -0.05) is 23.7 Å². The Morgan fingerprint density at radius 1 is 1.15 bits per heavy atom. The first-order valence-electron chi connectivity index (χ1n) is 7.99. The van der Waals surface area contributed by atoms with Gasteiger partial charge in [0.25, 0.3) is 0 Å². The van der Waals surface area contributed by atoms with E-state index >= 15 is 0 Å². The first-order chi connectivity index (χ1) is 12.8. The number of benzene rings is 2. The fourth-order valence-electron chi connectivity index (χ4n) is 2.52. The minimum atomic E-state index is -4.96. The number of aromatic nitrogens is 1. The van der Waals surface area contributed by atoms with Gasteiger partial charge in [0.05, 0.1) is 17.8 Å². The Morgan fingerprint density at radius 2 is 1.85 bits per heavy atom. The highest BCUT2D eigenvalue weighted by Gasteiger charge is 2.38. The molecule has 0 bridgehead atoms. The summed E-state index contributed by atoms with van der Waals surface area (Å²) >= 11 is 5.91. The number of pyridine rings is 1. The molecule has 0 saturated heterocycles. The first-order valence-corrected chi connectivity index (χ1v) is 8.37. The number of amides is 1. The van der Waals surface area contributed by atoms with Gasteiger partial charge in [0, 0.05) is 27.7 Å². The van der Waals surface area contributed by atoms with Crippen LogP contribution < -0.4 is 10.1 Å². The lowest BCUT2D eigenvalue weighted by Crippen LogP contribution is -2.29. The van der Waals surface area contributed by atoms with Crippen molar-refractivity contribution in [1.82, 2.24) is 4.98 Å². The summed E-state index contributed by atoms with van der Waals surface area (Å²) in [7, 11) is 0. The Balaban J connectivity index is 2.05. The molecule has 0 unspecified atom stereocenters. The molecule has 0 aliphatic heterocycles. The molecule has 1 amide bonds. The number of ether oxygens (including phenoxy) is 1. The third-order valence-electron chi connectivity index (χ3n) is 3.73. The topological polar surface area (TPSA) is 51.2 Å². The van der Waals surface area contributed by atoms with Gasteiger partial charge in [0.2, 0.25) is 0 Å². The number of hydrogen-bond acceptors (Lipinski definition) is 3. The van der Waals surface area contributed by atoms with Gasteiger partial charge >= 0.3 is 12.1 Å². The van der Waals surface area contributed by atoms with Crippen molar-refractivity contribution >= 4 is 34.1 Å². The molecule has 1 N–H and O–H groups in total. The molecule has 0 fully saturated rings. The van der Waals surface area contributed by atoms with Gasteiger partial charge < -0.3 is 10.1 Å². The molecule has 1 aromatic heterocycles. The van der Waals surface area contributed by atoms with Gasteiger partial charge in [-0.25, -0.2) is 4.98 Å². The highest BCUT2D eigenvalue weighted by Crippen LogP contribution is 2.32. The minimum absolute atomic E-state index is 0.00632. The third-order valence-corrected chi connectivity index (χ3v) is 3.98. The number of rotatable bonds is 4. The van der Waals surface area contributed by atoms with Crippen molar-refractivity contribution in [3.05, 3.63) is 53.6 Å². The number of anilines is 1. The second-order valence-electron chi connectivity index (χ2n) is 5.63. The summed E-state index contributed by atoms with van der Waals surface area (Å²) in [6, 6.07) is 13.1. The zero-order valence-electron chi connectivity index (χ0n) is 14.1. The molecule has 0 radical (unpaired) electrons. The van der Waals surface area contributed by atoms with E-state index in [1.54, 1.807) is 25.1 Å². The highest BCUT2D eigenvalue weighted by molar-refractivity contribution is 6.30. The Kier molecular flexibility index (Phi) is 5.23. The second kappa shape index (κ2) is 7.44. The molecule has 0 aliphatic carbocycles. The van der Waals surface area contributed by atoms with Crippen LogP contribution in [-0.2, 0) is 4.79 Å². The summed E-state index contributed by atoms with van der Waals surface area (Å²) in [5, 5.41) is 2.92. The van der Waals surface area contributed by atoms with Crippen molar-refractivity contribution < 1.29 is 22.7 Å². The van der Waals surface area contributed by atoms with Crippen molar-refractivity contribution in [1.29, 1.82) is 0 Å². The summed E-state index contributed by atoms with van der Waals surface area (Å²) in [5.74, 6) is -1.58. The molecule has 1 heterocycles. The normalized spacial score (nSPS) is 11.4. The lowest BCUT2D eigenvalue weighted by Gasteiger charge is -2.13. The molecule has 0 atom stereocenters. The maximum absolute atomic E-state index is 12.5. The lowest BCUT2D eigenvalue weighted by molar-refractivity contribution is -0.167. The highest BCUT2D eigenvalue weighted by atomic mass is 35.5. The van der Waals surface area contributed by atoms with E-state index in [4.69, 9.17) is 16.3 Å². The van der Waals surface area contributed by atoms with Gasteiger partial charge in [-0.3, -0.25) is 4.79 Å². The Labute approximate surface area is 157 Å². The molecule has 0 saturated carbocycles. The molecule has 8 heteroatoms. The molecule has 0 spiro atoms. The zero-order valence-corrected chi connectivity index (χ0v) is 14.9. The van der Waals surface area contributed by atoms with E-state index in [0.29, 0.717) is 34.0 Å². The van der Waals surface area contributed by atoms with Crippen LogP contribution in [0.1, 0.15) is 6.92 Å². The van der Waals surface area contributed by atoms with Crippen molar-refractivity contribution in [2.24, 2.45) is 0 Å². The van der Waals surface area contributed by atoms with E-state index in [9.17, 15) is 18.0 Å². The largest absolute Gasteiger partial charge is 0.493 e. The van der Waals surface area contributed by atoms with Gasteiger partial charge in [0.1, 0.15) is 5.75 Å². The molecule has 140 valence electrons. The molecule has 3 aromatic rings. The fourth-order valence-corrected chi connectivity index (χ4v) is 2.64. The molecular formula is C19H14ClF3N2O2. The first kappa shape index (κ1) is 19.0. The van der Waals surface area contributed by atoms with Crippen LogP contribution in [0.5, 0.6) is 5.75 Å². The van der Waals surface area contributed by atoms with Gasteiger partial charge in [-0.2, -0.15) is 13.2 Å². The standard InChI is InChI=1S/C19H14ClF3N2O2/c1-2-27-17-10-16(11-3-5-12(20)6-4-11)25-15-8-7-13(9-14(15)17)24-18(26)19(21,22)23/h3-10H,2H2,1H3,(H,24,26). The van der Waals surface area contributed by atoms with E-state index < -0.39 is 12.1 Å². The van der Waals surface area contributed by atoms with Crippen molar-refractivity contribution in [2.45, 2.75) is 13.1 Å². The fraction of sp³-hybridized carbons (Fsp3) is 0.158. The maximum atomic E-state index is 12.5. The van der Waals surface area contributed by atoms with E-state index in [1.807, 2.05) is 17.4 Å². The van der Waals surface area contributed by atoms with Crippen LogP contribution in [0.4, 0.5) is 18.9 Å². The molecule has 2 aromatic carbocycles. The van der Waals surface area contributed by atoms with E-state index in [-0.39, 0.29) is 5.69 Å². The molecule has 0 aliphatic rings. The Bertz CT molecular complexity index is 989. The van der Waals surface area contributed by atoms with E-state index in [1.165, 1.54) is 18.2 Å². The van der Waals surface area contributed by atoms with Crippen LogP contribution in [0, 0.1) is 0 Å². The molecule has 4 nitrogen and oxygen atoms in total. The minimum Gasteiger partial charge on any atom is -0.493 e. The summed E-state index contributed by atoms with van der Waals surface area (Å²) in [5.41, 5.74) is 1.98. The average Bonchev–Trinajstić information content (AvgIpc) is 2.62. The van der Waals surface area contributed by atoms with Crippen molar-refractivity contribution in [2.75, 3.05) is 11.9 Å². The van der Waals surface area contributed by atoms with Crippen LogP contribution in [0.25, 0.3) is 22.2 Å². The zero-order chi connectivity index (χ0) is 19.6. The van der Waals surface area contributed by atoms with Gasteiger partial charge in [-0.15, -0.1) is 0 Å². The average molecular weight is 395 g/mol. The second-order valence-corrected chi connectivity index (χ2v) is 6.07. The Hall–Kier alpha value is -2.80. The Morgan fingerprint density at radius 3 is 2.48 bits per heavy atom. The number of fused-ring (bicyclic) bond motifs is 1. The van der Waals surface area contributed by atoms with Crippen molar-refractivity contribution in [3.8, 4) is 17.0 Å². The van der Waals surface area contributed by atoms with E-state index in [0.717, 1.165) is 5.56 Å². The smallest absolute Gasteiger partial charge is 0.471 e. The number of carbonyl (C=O) groups excluding carboxylic acids is 1. The number of hydrogen-bond donors (Lipinski definition) is 1. The van der Waals surface area contributed by atoms with E-state index in [2.05, 4.69) is 4.98 Å². The van der Waals surface area contributed by atoms with Gasteiger partial charge in [0.15, 0.2) is 0 Å². The monoisotopic (exact) mass is 394 g/mol. The van der Waals surface area contributed by atoms with Crippen LogP contribution in [0.15, 0.2) is 48.5 Å². The van der Waals surface area contributed by atoms with Crippen LogP contribution >= 0.6 is 11.6 Å². The maximum Gasteiger partial charge on any atom is 0.471 e. The van der Waals surface area contributed by atoms with Crippen LogP contribution in [0.2, 0.25) is 5.02 Å². The van der Waals surface area contributed by atoms with Crippen LogP contribution in [0.3, 0.4) is 0 Å². The predicted octanol–water partition coefficient (Wildman–Crippen LogP) is 5.45. The number of nitrogens with one attached hydrogen (secondary N) is 1. The molecular weight excluding hydrogens is 381 g/mol. The predicted molar refractivity (Wildman–Crippen MR) is 98.0 cm³/mol. The van der Waals surface area contributed by atoms with Gasteiger partial charge in [-0.05, 0) is 37.3 Å².